The molecule has 6 rings (SSSR count). The van der Waals surface area contributed by atoms with Gasteiger partial charge in [-0.15, -0.1) is 5.10 Å². The van der Waals surface area contributed by atoms with E-state index in [-0.39, 0.29) is 5.48 Å². The van der Waals surface area contributed by atoms with Crippen molar-refractivity contribution < 1.29 is 29.5 Å². The lowest BCUT2D eigenvalue weighted by Gasteiger charge is -2.54. The van der Waals surface area contributed by atoms with Gasteiger partial charge >= 0.3 is 7.82 Å². The third kappa shape index (κ3) is 5.15. The maximum atomic E-state index is 8.88. The first-order chi connectivity index (χ1) is 12.8. The fourth-order valence-electron chi connectivity index (χ4n) is 4.63. The SMILES string of the molecule is O.O=P(O)(O)O.c1ccc(-c2nnc(OC3C4CC5CC3CN(C5)C4)s2)cc1. The van der Waals surface area contributed by atoms with Crippen LogP contribution in [0.25, 0.3) is 10.6 Å². The first kappa shape index (κ1) is 21.3. The highest BCUT2D eigenvalue weighted by Crippen LogP contribution is 2.45. The Labute approximate surface area is 166 Å². The number of phosphoric acid groups is 1. The Morgan fingerprint density at radius 3 is 2.21 bits per heavy atom. The Kier molecular flexibility index (Phi) is 6.51. The largest absolute Gasteiger partial charge is 0.466 e. The van der Waals surface area contributed by atoms with Gasteiger partial charge < -0.3 is 29.8 Å². The highest BCUT2D eigenvalue weighted by molar-refractivity contribution is 7.45. The second kappa shape index (κ2) is 8.54. The van der Waals surface area contributed by atoms with Crippen molar-refractivity contribution in [3.63, 3.8) is 0 Å². The van der Waals surface area contributed by atoms with Gasteiger partial charge in [-0.1, -0.05) is 46.8 Å². The Hall–Kier alpha value is -1.39. The fourth-order valence-corrected chi connectivity index (χ4v) is 5.37. The van der Waals surface area contributed by atoms with Gasteiger partial charge in [-0.25, -0.2) is 4.57 Å². The summed E-state index contributed by atoms with van der Waals surface area (Å²) < 4.78 is 15.2. The van der Waals surface area contributed by atoms with E-state index < -0.39 is 7.82 Å². The summed E-state index contributed by atoms with van der Waals surface area (Å²) in [7, 11) is -4.64. The zero-order valence-electron chi connectivity index (χ0n) is 15.1. The van der Waals surface area contributed by atoms with Crippen LogP contribution < -0.4 is 4.74 Å². The topological polar surface area (TPSA) is 148 Å². The van der Waals surface area contributed by atoms with E-state index in [1.54, 1.807) is 11.3 Å². The van der Waals surface area contributed by atoms with Crippen molar-refractivity contribution >= 4 is 19.2 Å². The molecule has 4 fully saturated rings. The van der Waals surface area contributed by atoms with Crippen LogP contribution in [-0.4, -0.2) is 61.0 Å². The van der Waals surface area contributed by atoms with E-state index in [2.05, 4.69) is 27.2 Å². The number of rotatable bonds is 3. The molecule has 0 spiro atoms. The van der Waals surface area contributed by atoms with Crippen LogP contribution in [0.5, 0.6) is 5.19 Å². The van der Waals surface area contributed by atoms with Gasteiger partial charge in [-0.2, -0.15) is 0 Å². The van der Waals surface area contributed by atoms with Crippen LogP contribution in [0.2, 0.25) is 0 Å². The molecule has 2 atom stereocenters. The Balaban J connectivity index is 0.000000338. The van der Waals surface area contributed by atoms with Gasteiger partial charge in [0.2, 0.25) is 0 Å². The second-order valence-corrected chi connectivity index (χ2v) is 9.38. The first-order valence-electron chi connectivity index (χ1n) is 8.91. The van der Waals surface area contributed by atoms with E-state index in [0.29, 0.717) is 17.9 Å². The third-order valence-electron chi connectivity index (χ3n) is 5.37. The van der Waals surface area contributed by atoms with Gasteiger partial charge in [-0.05, 0) is 18.8 Å². The van der Waals surface area contributed by atoms with Crippen molar-refractivity contribution in [2.24, 2.45) is 17.8 Å². The Bertz CT molecular complexity index is 793. The monoisotopic (exact) mass is 429 g/mol. The Morgan fingerprint density at radius 1 is 1.04 bits per heavy atom. The molecule has 9 nitrogen and oxygen atoms in total. The third-order valence-corrected chi connectivity index (χ3v) is 6.23. The van der Waals surface area contributed by atoms with Crippen LogP contribution in [0.4, 0.5) is 0 Å². The van der Waals surface area contributed by atoms with Crippen molar-refractivity contribution in [3.8, 4) is 15.8 Å². The van der Waals surface area contributed by atoms with Gasteiger partial charge in [0.25, 0.3) is 5.19 Å². The summed E-state index contributed by atoms with van der Waals surface area (Å²) in [6.45, 7) is 3.74. The van der Waals surface area contributed by atoms with Crippen molar-refractivity contribution in [2.75, 3.05) is 19.6 Å². The summed E-state index contributed by atoms with van der Waals surface area (Å²) in [6, 6.07) is 10.2. The van der Waals surface area contributed by atoms with Gasteiger partial charge in [-0.3, -0.25) is 0 Å². The molecule has 5 N–H and O–H groups in total. The molecule has 2 unspecified atom stereocenters. The molecule has 1 aromatic carbocycles. The van der Waals surface area contributed by atoms with Crippen LogP contribution >= 0.6 is 19.2 Å². The number of nitrogens with zero attached hydrogens (tertiary/aromatic N) is 3. The summed E-state index contributed by atoms with van der Waals surface area (Å²) in [5, 5.41) is 10.3. The average Bonchev–Trinajstić information content (AvgIpc) is 3.05. The molecule has 4 aliphatic rings. The van der Waals surface area contributed by atoms with E-state index in [1.807, 2.05) is 18.2 Å². The van der Waals surface area contributed by atoms with Gasteiger partial charge in [0, 0.05) is 37.0 Å². The summed E-state index contributed by atoms with van der Waals surface area (Å²) in [5.41, 5.74) is 1.12. The van der Waals surface area contributed by atoms with E-state index in [9.17, 15) is 0 Å². The fraction of sp³-hybridized carbons (Fsp3) is 0.529. The molecule has 3 aliphatic heterocycles. The van der Waals surface area contributed by atoms with Crippen molar-refractivity contribution in [3.05, 3.63) is 30.3 Å². The standard InChI is InChI=1S/C17H19N3OS.H3O4P.H2O/c1-2-4-12(5-3-1)16-18-19-17(22-16)21-15-13-6-11-7-14(15)10-20(8-11)9-13;1-5(2,3)4;/h1-5,11,13-15H,6-10H2;(H3,1,2,3,4);1H2. The predicted octanol–water partition coefficient (Wildman–Crippen LogP) is 1.17. The summed E-state index contributed by atoms with van der Waals surface area (Å²) >= 11 is 1.57. The molecule has 1 saturated carbocycles. The second-order valence-electron chi connectivity index (χ2n) is 7.41. The minimum atomic E-state index is -4.64. The van der Waals surface area contributed by atoms with E-state index in [4.69, 9.17) is 24.0 Å². The summed E-state index contributed by atoms with van der Waals surface area (Å²) in [5.74, 6) is 2.29. The molecule has 0 radical (unpaired) electrons. The van der Waals surface area contributed by atoms with Crippen LogP contribution in [-0.2, 0) is 4.57 Å². The lowest BCUT2D eigenvalue weighted by atomic mass is 9.66. The number of piperidine rings is 3. The first-order valence-corrected chi connectivity index (χ1v) is 11.3. The highest BCUT2D eigenvalue weighted by atomic mass is 32.1. The molecule has 4 heterocycles. The molecule has 154 valence electrons. The van der Waals surface area contributed by atoms with Crippen molar-refractivity contribution in [1.82, 2.24) is 15.1 Å². The molecule has 1 aromatic heterocycles. The Morgan fingerprint density at radius 2 is 1.64 bits per heavy atom. The molecule has 1 aliphatic carbocycles. The molecule has 28 heavy (non-hydrogen) atoms. The molecule has 4 bridgehead atoms. The van der Waals surface area contributed by atoms with Crippen LogP contribution in [0.15, 0.2) is 30.3 Å². The van der Waals surface area contributed by atoms with Crippen LogP contribution in [0.3, 0.4) is 0 Å². The number of aromatic nitrogens is 2. The molecular weight excluding hydrogens is 405 g/mol. The number of benzene rings is 1. The zero-order chi connectivity index (χ0) is 19.0. The maximum Gasteiger partial charge on any atom is 0.466 e. The predicted molar refractivity (Wildman–Crippen MR) is 104 cm³/mol. The quantitative estimate of drug-likeness (QED) is 0.616. The zero-order valence-corrected chi connectivity index (χ0v) is 16.8. The van der Waals surface area contributed by atoms with Crippen LogP contribution in [0, 0.1) is 17.8 Å². The number of hydrogen-bond donors (Lipinski definition) is 3. The van der Waals surface area contributed by atoms with Crippen molar-refractivity contribution in [2.45, 2.75) is 18.9 Å². The summed E-state index contributed by atoms with van der Waals surface area (Å²) in [6.07, 6.45) is 3.02. The van der Waals surface area contributed by atoms with E-state index in [0.717, 1.165) is 21.7 Å². The van der Waals surface area contributed by atoms with E-state index in [1.165, 1.54) is 32.5 Å². The average molecular weight is 429 g/mol. The van der Waals surface area contributed by atoms with Gasteiger partial charge in [0.15, 0.2) is 5.01 Å². The minimum absolute atomic E-state index is 0. The smallest absolute Gasteiger partial charge is 0.465 e. The minimum Gasteiger partial charge on any atom is -0.465 e. The maximum absolute atomic E-state index is 8.88. The van der Waals surface area contributed by atoms with Crippen LogP contribution in [0.1, 0.15) is 12.8 Å². The normalized spacial score (nSPS) is 30.2. The lowest BCUT2D eigenvalue weighted by Crippen LogP contribution is -2.61. The van der Waals surface area contributed by atoms with Gasteiger partial charge in [0.1, 0.15) is 6.10 Å². The van der Waals surface area contributed by atoms with E-state index >= 15 is 0 Å². The number of hydrogen-bond acceptors (Lipinski definition) is 6. The number of ether oxygens (including phenoxy) is 1. The highest BCUT2D eigenvalue weighted by Gasteiger charge is 2.49. The molecule has 11 heteroatoms. The lowest BCUT2D eigenvalue weighted by molar-refractivity contribution is -0.0986. The molecule has 2 aromatic rings. The molecule has 3 saturated heterocycles. The molecular formula is C17H24N3O6PS. The molecule has 0 amide bonds. The summed E-state index contributed by atoms with van der Waals surface area (Å²) in [4.78, 5) is 24.2. The van der Waals surface area contributed by atoms with Gasteiger partial charge in [0.05, 0.1) is 0 Å². The van der Waals surface area contributed by atoms with Crippen molar-refractivity contribution in [1.29, 1.82) is 0 Å².